The van der Waals surface area contributed by atoms with Gasteiger partial charge in [-0.3, -0.25) is 4.79 Å². The Morgan fingerprint density at radius 2 is 1.76 bits per heavy atom. The summed E-state index contributed by atoms with van der Waals surface area (Å²) in [5.74, 6) is 3.32. The maximum Gasteiger partial charge on any atom is 0.303 e. The van der Waals surface area contributed by atoms with Crippen LogP contribution in [0.5, 0.6) is 11.5 Å². The van der Waals surface area contributed by atoms with Crippen LogP contribution >= 0.6 is 0 Å². The smallest absolute Gasteiger partial charge is 0.303 e. The van der Waals surface area contributed by atoms with Crippen molar-refractivity contribution in [2.45, 2.75) is 58.0 Å². The molecule has 0 bridgehead atoms. The Bertz CT molecular complexity index is 1070. The summed E-state index contributed by atoms with van der Waals surface area (Å²) in [5, 5.41) is 0. The third-order valence-corrected chi connectivity index (χ3v) is 8.51. The van der Waals surface area contributed by atoms with Crippen LogP contribution in [0.25, 0.3) is 6.08 Å². The van der Waals surface area contributed by atoms with Gasteiger partial charge in [0.25, 0.3) is 0 Å². The number of benzene rings is 2. The Kier molecular flexibility index (Phi) is 5.72. The molecule has 33 heavy (non-hydrogen) atoms. The molecule has 0 spiro atoms. The molecular formula is C29H34O4. The van der Waals surface area contributed by atoms with Crippen LogP contribution in [0.1, 0.15) is 62.1 Å². The molecule has 174 valence electrons. The van der Waals surface area contributed by atoms with Gasteiger partial charge in [-0.1, -0.05) is 31.2 Å². The van der Waals surface area contributed by atoms with Gasteiger partial charge in [-0.25, -0.2) is 0 Å². The van der Waals surface area contributed by atoms with Crippen molar-refractivity contribution < 1.29 is 19.0 Å². The molecule has 0 aliphatic heterocycles. The summed E-state index contributed by atoms with van der Waals surface area (Å²) >= 11 is 0. The number of fused-ring (bicyclic) bond motifs is 5. The van der Waals surface area contributed by atoms with Gasteiger partial charge in [0.05, 0.1) is 14.2 Å². The molecule has 0 radical (unpaired) electrons. The second-order valence-electron chi connectivity index (χ2n) is 10.2. The standard InChI is InChI=1S/C29H34O4/c1-18(30)33-28-21(15-19-5-8-22(31-3)9-6-19)17-27-26-11-7-20-16-23(32-4)10-12-24(20)25(26)13-14-29(27,28)2/h5-6,8-10,12,15-16,25-28H,7,11,13-14,17H2,1-4H3/b21-15+/t25-,26-,27+,28-,29-/m0/s1. The number of methoxy groups -OCH3 is 2. The van der Waals surface area contributed by atoms with Crippen molar-refractivity contribution in [3.63, 3.8) is 0 Å². The first-order valence-electron chi connectivity index (χ1n) is 12.1. The Morgan fingerprint density at radius 1 is 1.03 bits per heavy atom. The van der Waals surface area contributed by atoms with Crippen molar-refractivity contribution in [1.82, 2.24) is 0 Å². The lowest BCUT2D eigenvalue weighted by Gasteiger charge is -2.50. The number of rotatable bonds is 4. The molecule has 0 unspecified atom stereocenters. The molecule has 0 N–H and O–H groups in total. The third-order valence-electron chi connectivity index (χ3n) is 8.51. The summed E-state index contributed by atoms with van der Waals surface area (Å²) in [4.78, 5) is 12.1. The first kappa shape index (κ1) is 22.1. The van der Waals surface area contributed by atoms with Crippen LogP contribution in [0.2, 0.25) is 0 Å². The lowest BCUT2D eigenvalue weighted by molar-refractivity contribution is -0.152. The molecule has 0 saturated heterocycles. The number of hydrogen-bond donors (Lipinski definition) is 0. The molecule has 0 amide bonds. The molecule has 5 rings (SSSR count). The van der Waals surface area contributed by atoms with Crippen molar-refractivity contribution in [3.05, 3.63) is 64.7 Å². The molecule has 4 heteroatoms. The second kappa shape index (κ2) is 8.55. The van der Waals surface area contributed by atoms with E-state index in [2.05, 4.69) is 43.3 Å². The average molecular weight is 447 g/mol. The number of hydrogen-bond acceptors (Lipinski definition) is 4. The van der Waals surface area contributed by atoms with Crippen molar-refractivity contribution in [2.24, 2.45) is 17.3 Å². The van der Waals surface area contributed by atoms with E-state index in [4.69, 9.17) is 14.2 Å². The highest BCUT2D eigenvalue weighted by Crippen LogP contribution is 2.63. The van der Waals surface area contributed by atoms with Crippen LogP contribution in [0.3, 0.4) is 0 Å². The summed E-state index contributed by atoms with van der Waals surface area (Å²) in [7, 11) is 3.42. The van der Waals surface area contributed by atoms with E-state index in [0.29, 0.717) is 17.8 Å². The van der Waals surface area contributed by atoms with Crippen LogP contribution in [-0.2, 0) is 16.0 Å². The lowest BCUT2D eigenvalue weighted by Crippen LogP contribution is -2.45. The first-order valence-corrected chi connectivity index (χ1v) is 12.1. The van der Waals surface area contributed by atoms with Crippen LogP contribution in [0.15, 0.2) is 48.0 Å². The predicted octanol–water partition coefficient (Wildman–Crippen LogP) is 6.19. The van der Waals surface area contributed by atoms with Crippen molar-refractivity contribution >= 4 is 12.0 Å². The van der Waals surface area contributed by atoms with Gasteiger partial charge in [-0.05, 0) is 96.4 Å². The SMILES string of the molecule is COc1ccc(/C=C2\C[C@@H]3[C@H]4CCc5cc(OC)ccc5[C@@H]4CC[C@]3(C)[C@H]2OC(C)=O)cc1. The fourth-order valence-corrected chi connectivity index (χ4v) is 6.95. The van der Waals surface area contributed by atoms with Gasteiger partial charge in [0, 0.05) is 12.3 Å². The quantitative estimate of drug-likeness (QED) is 0.526. The normalized spacial score (nSPS) is 31.3. The maximum atomic E-state index is 12.1. The van der Waals surface area contributed by atoms with E-state index >= 15 is 0 Å². The molecule has 2 fully saturated rings. The Hall–Kier alpha value is -2.75. The van der Waals surface area contributed by atoms with E-state index in [0.717, 1.165) is 42.7 Å². The molecule has 3 aliphatic carbocycles. The van der Waals surface area contributed by atoms with Gasteiger partial charge in [-0.2, -0.15) is 0 Å². The predicted molar refractivity (Wildman–Crippen MR) is 130 cm³/mol. The maximum absolute atomic E-state index is 12.1. The minimum Gasteiger partial charge on any atom is -0.497 e. The summed E-state index contributed by atoms with van der Waals surface area (Å²) < 4.78 is 16.8. The largest absolute Gasteiger partial charge is 0.497 e. The van der Waals surface area contributed by atoms with Gasteiger partial charge in [0.2, 0.25) is 0 Å². The van der Waals surface area contributed by atoms with Gasteiger partial charge in [0.1, 0.15) is 17.6 Å². The fraction of sp³-hybridized carbons (Fsp3) is 0.483. The number of aryl methyl sites for hydroxylation is 1. The average Bonchev–Trinajstić information content (AvgIpc) is 3.10. The monoisotopic (exact) mass is 446 g/mol. The molecule has 2 saturated carbocycles. The number of esters is 1. The van der Waals surface area contributed by atoms with E-state index in [1.165, 1.54) is 30.0 Å². The zero-order valence-electron chi connectivity index (χ0n) is 20.1. The number of carbonyl (C=O) groups is 1. The Balaban J connectivity index is 1.49. The zero-order valence-corrected chi connectivity index (χ0v) is 20.1. The van der Waals surface area contributed by atoms with Crippen LogP contribution < -0.4 is 9.47 Å². The van der Waals surface area contributed by atoms with Gasteiger partial charge in [-0.15, -0.1) is 0 Å². The molecular weight excluding hydrogens is 412 g/mol. The molecule has 3 aliphatic rings. The highest BCUT2D eigenvalue weighted by molar-refractivity contribution is 5.67. The third kappa shape index (κ3) is 3.84. The van der Waals surface area contributed by atoms with E-state index in [1.54, 1.807) is 14.2 Å². The second-order valence-corrected chi connectivity index (χ2v) is 10.2. The zero-order chi connectivity index (χ0) is 23.2. The van der Waals surface area contributed by atoms with Crippen molar-refractivity contribution in [2.75, 3.05) is 14.2 Å². The molecule has 4 nitrogen and oxygen atoms in total. The number of carbonyl (C=O) groups excluding carboxylic acids is 1. The van der Waals surface area contributed by atoms with Crippen LogP contribution in [0, 0.1) is 17.3 Å². The number of ether oxygens (including phenoxy) is 3. The van der Waals surface area contributed by atoms with Gasteiger partial charge in [0.15, 0.2) is 0 Å². The molecule has 2 aromatic carbocycles. The molecule has 5 atom stereocenters. The molecule has 0 aromatic heterocycles. The Labute approximate surface area is 196 Å². The fourth-order valence-electron chi connectivity index (χ4n) is 6.95. The van der Waals surface area contributed by atoms with Crippen molar-refractivity contribution in [3.8, 4) is 11.5 Å². The summed E-state index contributed by atoms with van der Waals surface area (Å²) in [6, 6.07) is 14.8. The minimum absolute atomic E-state index is 0.0187. The summed E-state index contributed by atoms with van der Waals surface area (Å²) in [5.41, 5.74) is 5.31. The van der Waals surface area contributed by atoms with E-state index in [9.17, 15) is 4.79 Å². The van der Waals surface area contributed by atoms with Crippen LogP contribution in [-0.4, -0.2) is 26.3 Å². The summed E-state index contributed by atoms with van der Waals surface area (Å²) in [6.45, 7) is 3.90. The highest BCUT2D eigenvalue weighted by atomic mass is 16.5. The summed E-state index contributed by atoms with van der Waals surface area (Å²) in [6.07, 6.45) is 7.58. The first-order chi connectivity index (χ1) is 15.9. The molecule has 0 heterocycles. The molecule has 2 aromatic rings. The van der Waals surface area contributed by atoms with E-state index in [-0.39, 0.29) is 17.5 Å². The lowest BCUT2D eigenvalue weighted by atomic mass is 9.55. The minimum atomic E-state index is -0.189. The van der Waals surface area contributed by atoms with E-state index < -0.39 is 0 Å². The van der Waals surface area contributed by atoms with Gasteiger partial charge < -0.3 is 14.2 Å². The van der Waals surface area contributed by atoms with Crippen LogP contribution in [0.4, 0.5) is 0 Å². The topological polar surface area (TPSA) is 44.8 Å². The highest BCUT2D eigenvalue weighted by Gasteiger charge is 2.58. The van der Waals surface area contributed by atoms with Gasteiger partial charge >= 0.3 is 5.97 Å². The Morgan fingerprint density at radius 3 is 2.45 bits per heavy atom. The van der Waals surface area contributed by atoms with E-state index in [1.807, 2.05) is 12.1 Å². The van der Waals surface area contributed by atoms with Crippen molar-refractivity contribution in [1.29, 1.82) is 0 Å².